The highest BCUT2D eigenvalue weighted by Crippen LogP contribution is 2.13. The number of benzene rings is 1. The maximum Gasteiger partial charge on any atom is 0.119 e. The highest BCUT2D eigenvalue weighted by molar-refractivity contribution is 7.80. The monoisotopic (exact) mass is 196 g/mol. The third-order valence-electron chi connectivity index (χ3n) is 1.82. The van der Waals surface area contributed by atoms with Gasteiger partial charge < -0.3 is 4.74 Å². The van der Waals surface area contributed by atoms with Gasteiger partial charge in [-0.2, -0.15) is 12.6 Å². The summed E-state index contributed by atoms with van der Waals surface area (Å²) in [5.74, 6) is 1.70. The Morgan fingerprint density at radius 2 is 1.92 bits per heavy atom. The maximum atomic E-state index is 5.41. The molecule has 0 unspecified atom stereocenters. The second-order valence-corrected chi connectivity index (χ2v) is 3.41. The summed E-state index contributed by atoms with van der Waals surface area (Å²) in [6, 6.07) is 8.29. The predicted octanol–water partition coefficient (Wildman–Crippen LogP) is 2.95. The Morgan fingerprint density at radius 3 is 2.46 bits per heavy atom. The molecule has 0 atom stereocenters. The van der Waals surface area contributed by atoms with Crippen molar-refractivity contribution in [2.75, 3.05) is 12.4 Å². The molecule has 1 rings (SSSR count). The quantitative estimate of drug-likeness (QED) is 0.712. The van der Waals surface area contributed by atoms with Gasteiger partial charge in [-0.25, -0.2) is 0 Å². The summed E-state index contributed by atoms with van der Waals surface area (Å²) in [5.41, 5.74) is 1.38. The largest absolute Gasteiger partial charge is 0.493 e. The summed E-state index contributed by atoms with van der Waals surface area (Å²) in [6.07, 6.45) is 2.34. The zero-order chi connectivity index (χ0) is 9.52. The fourth-order valence-electron chi connectivity index (χ4n) is 1.20. The van der Waals surface area contributed by atoms with Crippen LogP contribution in [-0.2, 0) is 6.42 Å². The molecule has 0 fully saturated rings. The second kappa shape index (κ2) is 5.92. The van der Waals surface area contributed by atoms with Gasteiger partial charge in [-0.15, -0.1) is 0 Å². The van der Waals surface area contributed by atoms with Crippen LogP contribution in [0.5, 0.6) is 5.75 Å². The van der Waals surface area contributed by atoms with Crippen LogP contribution in [0, 0.1) is 0 Å². The Labute approximate surface area is 85.5 Å². The molecule has 0 N–H and O–H groups in total. The molecule has 0 aliphatic heterocycles. The van der Waals surface area contributed by atoms with E-state index in [1.807, 2.05) is 12.1 Å². The number of ether oxygens (including phenoxy) is 1. The maximum absolute atomic E-state index is 5.41. The van der Waals surface area contributed by atoms with Gasteiger partial charge in [0, 0.05) is 5.75 Å². The van der Waals surface area contributed by atoms with Crippen LogP contribution in [0.2, 0.25) is 0 Å². The molecule has 2 heteroatoms. The van der Waals surface area contributed by atoms with Crippen molar-refractivity contribution in [3.05, 3.63) is 29.8 Å². The van der Waals surface area contributed by atoms with E-state index in [9.17, 15) is 0 Å². The standard InChI is InChI=1S/C11H16OS/c1-2-3-10-4-6-11(7-5-10)12-8-9-13/h4-7,13H,2-3,8-9H2,1H3. The second-order valence-electron chi connectivity index (χ2n) is 2.97. The lowest BCUT2D eigenvalue weighted by molar-refractivity contribution is 0.344. The van der Waals surface area contributed by atoms with Crippen LogP contribution in [0.1, 0.15) is 18.9 Å². The molecule has 0 aromatic heterocycles. The fraction of sp³-hybridized carbons (Fsp3) is 0.455. The Balaban J connectivity index is 2.48. The summed E-state index contributed by atoms with van der Waals surface area (Å²) >= 11 is 4.08. The normalized spacial score (nSPS) is 10.0. The SMILES string of the molecule is CCCc1ccc(OCCS)cc1. The molecule has 0 bridgehead atoms. The topological polar surface area (TPSA) is 9.23 Å². The van der Waals surface area contributed by atoms with Crippen molar-refractivity contribution < 1.29 is 4.74 Å². The summed E-state index contributed by atoms with van der Waals surface area (Å²) in [5, 5.41) is 0. The number of aryl methyl sites for hydroxylation is 1. The summed E-state index contributed by atoms with van der Waals surface area (Å²) in [4.78, 5) is 0. The van der Waals surface area contributed by atoms with Crippen LogP contribution >= 0.6 is 12.6 Å². The Bertz CT molecular complexity index is 230. The van der Waals surface area contributed by atoms with Crippen molar-refractivity contribution in [1.82, 2.24) is 0 Å². The minimum absolute atomic E-state index is 0.677. The van der Waals surface area contributed by atoms with Gasteiger partial charge in [-0.05, 0) is 24.1 Å². The molecule has 0 amide bonds. The molecule has 0 aliphatic carbocycles. The van der Waals surface area contributed by atoms with Crippen LogP contribution < -0.4 is 4.74 Å². The first kappa shape index (κ1) is 10.5. The smallest absolute Gasteiger partial charge is 0.119 e. The molecule has 0 heterocycles. The van der Waals surface area contributed by atoms with E-state index in [-0.39, 0.29) is 0 Å². The third kappa shape index (κ3) is 3.73. The van der Waals surface area contributed by atoms with Crippen molar-refractivity contribution in [1.29, 1.82) is 0 Å². The lowest BCUT2D eigenvalue weighted by atomic mass is 10.1. The minimum atomic E-state index is 0.677. The molecule has 0 saturated carbocycles. The molecule has 72 valence electrons. The highest BCUT2D eigenvalue weighted by atomic mass is 32.1. The van der Waals surface area contributed by atoms with Gasteiger partial charge in [0.15, 0.2) is 0 Å². The number of hydrogen-bond donors (Lipinski definition) is 1. The molecular formula is C11H16OS. The molecular weight excluding hydrogens is 180 g/mol. The van der Waals surface area contributed by atoms with Crippen molar-refractivity contribution in [2.24, 2.45) is 0 Å². The molecule has 1 aromatic rings. The molecule has 0 radical (unpaired) electrons. The van der Waals surface area contributed by atoms with Crippen LogP contribution in [-0.4, -0.2) is 12.4 Å². The fourth-order valence-corrected chi connectivity index (χ4v) is 1.30. The van der Waals surface area contributed by atoms with Crippen molar-refractivity contribution in [3.8, 4) is 5.75 Å². The summed E-state index contributed by atoms with van der Waals surface area (Å²) < 4.78 is 5.41. The average molecular weight is 196 g/mol. The Hall–Kier alpha value is -0.630. The molecule has 0 spiro atoms. The molecule has 1 aromatic carbocycles. The molecule has 0 aliphatic rings. The van der Waals surface area contributed by atoms with Gasteiger partial charge >= 0.3 is 0 Å². The van der Waals surface area contributed by atoms with Crippen LogP contribution in [0.4, 0.5) is 0 Å². The zero-order valence-electron chi connectivity index (χ0n) is 7.99. The van der Waals surface area contributed by atoms with E-state index in [0.29, 0.717) is 6.61 Å². The van der Waals surface area contributed by atoms with Crippen LogP contribution in [0.15, 0.2) is 24.3 Å². The predicted molar refractivity (Wildman–Crippen MR) is 59.8 cm³/mol. The Kier molecular flexibility index (Phi) is 4.76. The number of hydrogen-bond acceptors (Lipinski definition) is 2. The number of rotatable bonds is 5. The minimum Gasteiger partial charge on any atom is -0.493 e. The van der Waals surface area contributed by atoms with E-state index in [1.54, 1.807) is 0 Å². The third-order valence-corrected chi connectivity index (χ3v) is 2.00. The molecule has 0 saturated heterocycles. The number of thiol groups is 1. The summed E-state index contributed by atoms with van der Waals surface area (Å²) in [7, 11) is 0. The van der Waals surface area contributed by atoms with E-state index >= 15 is 0 Å². The van der Waals surface area contributed by atoms with Crippen molar-refractivity contribution in [3.63, 3.8) is 0 Å². The lowest BCUT2D eigenvalue weighted by Gasteiger charge is -2.04. The zero-order valence-corrected chi connectivity index (χ0v) is 8.89. The van der Waals surface area contributed by atoms with Gasteiger partial charge in [0.05, 0.1) is 6.61 Å². The Morgan fingerprint density at radius 1 is 1.23 bits per heavy atom. The lowest BCUT2D eigenvalue weighted by Crippen LogP contribution is -1.97. The van der Waals surface area contributed by atoms with Gasteiger partial charge in [0.1, 0.15) is 5.75 Å². The van der Waals surface area contributed by atoms with Crippen LogP contribution in [0.3, 0.4) is 0 Å². The van der Waals surface area contributed by atoms with Gasteiger partial charge in [-0.1, -0.05) is 25.5 Å². The first-order valence-electron chi connectivity index (χ1n) is 4.69. The first-order valence-corrected chi connectivity index (χ1v) is 5.32. The highest BCUT2D eigenvalue weighted by Gasteiger charge is 1.93. The van der Waals surface area contributed by atoms with E-state index < -0.39 is 0 Å². The summed E-state index contributed by atoms with van der Waals surface area (Å²) in [6.45, 7) is 2.86. The van der Waals surface area contributed by atoms with E-state index in [2.05, 4.69) is 31.7 Å². The van der Waals surface area contributed by atoms with Gasteiger partial charge in [0.2, 0.25) is 0 Å². The molecule has 1 nitrogen and oxygen atoms in total. The van der Waals surface area contributed by atoms with Crippen molar-refractivity contribution in [2.45, 2.75) is 19.8 Å². The molecule has 13 heavy (non-hydrogen) atoms. The van der Waals surface area contributed by atoms with Gasteiger partial charge in [-0.3, -0.25) is 0 Å². The van der Waals surface area contributed by atoms with E-state index in [1.165, 1.54) is 12.0 Å². The van der Waals surface area contributed by atoms with Crippen LogP contribution in [0.25, 0.3) is 0 Å². The average Bonchev–Trinajstić information content (AvgIpc) is 2.17. The first-order chi connectivity index (χ1) is 6.36. The van der Waals surface area contributed by atoms with Gasteiger partial charge in [0.25, 0.3) is 0 Å². The van der Waals surface area contributed by atoms with E-state index in [0.717, 1.165) is 17.9 Å². The van der Waals surface area contributed by atoms with E-state index in [4.69, 9.17) is 4.74 Å². The van der Waals surface area contributed by atoms with Crippen molar-refractivity contribution >= 4 is 12.6 Å².